The van der Waals surface area contributed by atoms with Gasteiger partial charge in [-0.2, -0.15) is 0 Å². The van der Waals surface area contributed by atoms with Crippen LogP contribution in [0.15, 0.2) is 12.2 Å². The smallest absolute Gasteiger partial charge is 0.305 e. The first-order valence-corrected chi connectivity index (χ1v) is 11.7. The molecule has 190 valence electrons. The lowest BCUT2D eigenvalue weighted by Crippen LogP contribution is -2.33. The van der Waals surface area contributed by atoms with Gasteiger partial charge in [0.05, 0.1) is 72.6 Å². The van der Waals surface area contributed by atoms with E-state index in [0.29, 0.717) is 65.9 Å². The van der Waals surface area contributed by atoms with Gasteiger partial charge in [0.15, 0.2) is 0 Å². The summed E-state index contributed by atoms with van der Waals surface area (Å²) >= 11 is 0. The average molecular weight is 474 g/mol. The van der Waals surface area contributed by atoms with Gasteiger partial charge >= 0.3 is 5.97 Å². The van der Waals surface area contributed by atoms with Crippen molar-refractivity contribution in [1.29, 1.82) is 0 Å². The number of esters is 1. The molecule has 0 bridgehead atoms. The molecule has 0 aromatic carbocycles. The minimum atomic E-state index is -0.306. The molecule has 0 aromatic heterocycles. The Morgan fingerprint density at radius 3 is 1.61 bits per heavy atom. The first-order chi connectivity index (χ1) is 16.1. The molecule has 0 aliphatic carbocycles. The molecule has 1 aliphatic rings. The van der Waals surface area contributed by atoms with Crippen molar-refractivity contribution < 1.29 is 42.8 Å². The van der Waals surface area contributed by atoms with Gasteiger partial charge in [0.1, 0.15) is 6.61 Å². The van der Waals surface area contributed by atoms with Crippen LogP contribution in [0.3, 0.4) is 0 Å². The van der Waals surface area contributed by atoms with Crippen molar-refractivity contribution in [3.8, 4) is 0 Å². The van der Waals surface area contributed by atoms with Crippen LogP contribution in [0, 0.1) is 0 Å². The molecular weight excluding hydrogens is 434 g/mol. The second-order valence-corrected chi connectivity index (χ2v) is 7.25. The van der Waals surface area contributed by atoms with Crippen LogP contribution in [0.1, 0.15) is 39.0 Å². The molecule has 0 atom stereocenters. The fourth-order valence-corrected chi connectivity index (χ4v) is 2.77. The number of carbonyl (C=O) groups is 3. The molecule has 10 nitrogen and oxygen atoms in total. The Bertz CT molecular complexity index is 550. The summed E-state index contributed by atoms with van der Waals surface area (Å²) < 4.78 is 31.9. The SMILES string of the molecule is CCCCCCC(=O)OCCOCCOCCOCCOCCOCCN1C(=O)C=CC1=O. The molecule has 1 heterocycles. The molecule has 2 amide bonds. The molecule has 0 spiro atoms. The average Bonchev–Trinajstić information content (AvgIpc) is 3.13. The third-order valence-electron chi connectivity index (χ3n) is 4.57. The maximum absolute atomic E-state index is 11.5. The highest BCUT2D eigenvalue weighted by molar-refractivity contribution is 6.12. The Hall–Kier alpha value is -1.85. The van der Waals surface area contributed by atoms with Crippen LogP contribution in [0.2, 0.25) is 0 Å². The van der Waals surface area contributed by atoms with E-state index in [1.165, 1.54) is 12.2 Å². The van der Waals surface area contributed by atoms with Crippen LogP contribution in [-0.4, -0.2) is 102 Å². The lowest BCUT2D eigenvalue weighted by Gasteiger charge is -2.13. The van der Waals surface area contributed by atoms with Gasteiger partial charge in [-0.05, 0) is 6.42 Å². The number of nitrogens with zero attached hydrogens (tertiary/aromatic N) is 1. The van der Waals surface area contributed by atoms with E-state index in [-0.39, 0.29) is 37.5 Å². The zero-order chi connectivity index (χ0) is 24.0. The third-order valence-corrected chi connectivity index (χ3v) is 4.57. The summed E-state index contributed by atoms with van der Waals surface area (Å²) in [5.41, 5.74) is 0. The van der Waals surface area contributed by atoms with Crippen LogP contribution < -0.4 is 0 Å². The lowest BCUT2D eigenvalue weighted by atomic mass is 10.2. The highest BCUT2D eigenvalue weighted by Crippen LogP contribution is 2.03. The minimum absolute atomic E-state index is 0.162. The van der Waals surface area contributed by atoms with Crippen molar-refractivity contribution >= 4 is 17.8 Å². The van der Waals surface area contributed by atoms with Crippen molar-refractivity contribution in [2.24, 2.45) is 0 Å². The van der Waals surface area contributed by atoms with E-state index in [4.69, 9.17) is 28.4 Å². The molecule has 0 saturated carbocycles. The van der Waals surface area contributed by atoms with Crippen LogP contribution in [0.4, 0.5) is 0 Å². The van der Waals surface area contributed by atoms with E-state index in [2.05, 4.69) is 6.92 Å². The summed E-state index contributed by atoms with van der Waals surface area (Å²) in [6.45, 7) is 6.79. The van der Waals surface area contributed by atoms with Gasteiger partial charge in [-0.1, -0.05) is 26.2 Å². The predicted molar refractivity (Wildman–Crippen MR) is 120 cm³/mol. The van der Waals surface area contributed by atoms with Gasteiger partial charge in [0, 0.05) is 18.6 Å². The first-order valence-electron chi connectivity index (χ1n) is 11.7. The second kappa shape index (κ2) is 20.7. The molecular formula is C23H39NO9. The zero-order valence-electron chi connectivity index (χ0n) is 19.8. The minimum Gasteiger partial charge on any atom is -0.463 e. The highest BCUT2D eigenvalue weighted by Gasteiger charge is 2.22. The largest absolute Gasteiger partial charge is 0.463 e. The number of hydrogen-bond acceptors (Lipinski definition) is 9. The monoisotopic (exact) mass is 473 g/mol. The zero-order valence-corrected chi connectivity index (χ0v) is 19.8. The maximum Gasteiger partial charge on any atom is 0.305 e. The quantitative estimate of drug-likeness (QED) is 0.124. The number of hydrogen-bond donors (Lipinski definition) is 0. The fraction of sp³-hybridized carbons (Fsp3) is 0.783. The molecule has 10 heteroatoms. The van der Waals surface area contributed by atoms with Crippen molar-refractivity contribution in [3.05, 3.63) is 12.2 Å². The van der Waals surface area contributed by atoms with Gasteiger partial charge in [0.2, 0.25) is 0 Å². The summed E-state index contributed by atoms with van der Waals surface area (Å²) in [5, 5.41) is 0. The van der Waals surface area contributed by atoms with E-state index in [1.807, 2.05) is 0 Å². The number of carbonyl (C=O) groups excluding carboxylic acids is 3. The standard InChI is InChI=1S/C23H39NO9/c1-2-3-4-5-6-23(27)33-20-19-32-18-17-31-16-15-30-14-13-29-12-11-28-10-9-24-21(25)7-8-22(24)26/h7-8H,2-6,9-20H2,1H3. The van der Waals surface area contributed by atoms with Crippen molar-refractivity contribution in [2.75, 3.05) is 79.2 Å². The number of ether oxygens (including phenoxy) is 6. The normalized spacial score (nSPS) is 13.3. The third kappa shape index (κ3) is 16.4. The Balaban J connectivity index is 1.71. The van der Waals surface area contributed by atoms with E-state index < -0.39 is 0 Å². The van der Waals surface area contributed by atoms with Crippen LogP contribution in [-0.2, 0) is 42.8 Å². The Morgan fingerprint density at radius 1 is 0.667 bits per heavy atom. The lowest BCUT2D eigenvalue weighted by molar-refractivity contribution is -0.145. The van der Waals surface area contributed by atoms with Gasteiger partial charge in [-0.25, -0.2) is 0 Å². The van der Waals surface area contributed by atoms with Crippen molar-refractivity contribution in [1.82, 2.24) is 4.90 Å². The molecule has 1 aliphatic heterocycles. The number of amides is 2. The summed E-state index contributed by atoms with van der Waals surface area (Å²) in [6, 6.07) is 0. The van der Waals surface area contributed by atoms with E-state index >= 15 is 0 Å². The van der Waals surface area contributed by atoms with Gasteiger partial charge in [-0.15, -0.1) is 0 Å². The number of rotatable bonds is 23. The van der Waals surface area contributed by atoms with Gasteiger partial charge in [0.25, 0.3) is 11.8 Å². The molecule has 0 saturated heterocycles. The molecule has 1 rings (SSSR count). The first kappa shape index (κ1) is 29.2. The second-order valence-electron chi connectivity index (χ2n) is 7.25. The van der Waals surface area contributed by atoms with Crippen LogP contribution in [0.25, 0.3) is 0 Å². The van der Waals surface area contributed by atoms with E-state index in [9.17, 15) is 14.4 Å². The summed E-state index contributed by atoms with van der Waals surface area (Å²) in [6.07, 6.45) is 7.24. The number of imide groups is 1. The molecule has 0 unspecified atom stereocenters. The topological polar surface area (TPSA) is 110 Å². The fourth-order valence-electron chi connectivity index (χ4n) is 2.77. The van der Waals surface area contributed by atoms with E-state index in [1.54, 1.807) is 0 Å². The number of unbranched alkanes of at least 4 members (excludes halogenated alkanes) is 3. The molecule has 0 N–H and O–H groups in total. The Kier molecular flexibility index (Phi) is 18.3. The molecule has 0 aromatic rings. The van der Waals surface area contributed by atoms with Crippen molar-refractivity contribution in [3.63, 3.8) is 0 Å². The van der Waals surface area contributed by atoms with Gasteiger partial charge < -0.3 is 28.4 Å². The Labute approximate surface area is 196 Å². The molecule has 33 heavy (non-hydrogen) atoms. The molecule has 0 fully saturated rings. The molecule has 0 radical (unpaired) electrons. The summed E-state index contributed by atoms with van der Waals surface area (Å²) in [7, 11) is 0. The Morgan fingerprint density at radius 2 is 1.12 bits per heavy atom. The van der Waals surface area contributed by atoms with E-state index in [0.717, 1.165) is 30.6 Å². The van der Waals surface area contributed by atoms with Crippen molar-refractivity contribution in [2.45, 2.75) is 39.0 Å². The summed E-state index contributed by atoms with van der Waals surface area (Å²) in [5.74, 6) is -0.774. The van der Waals surface area contributed by atoms with Gasteiger partial charge in [-0.3, -0.25) is 19.3 Å². The summed E-state index contributed by atoms with van der Waals surface area (Å²) in [4.78, 5) is 35.3. The predicted octanol–water partition coefficient (Wildman–Crippen LogP) is 1.51. The van der Waals surface area contributed by atoms with Crippen LogP contribution in [0.5, 0.6) is 0 Å². The highest BCUT2D eigenvalue weighted by atomic mass is 16.6. The van der Waals surface area contributed by atoms with Crippen LogP contribution >= 0.6 is 0 Å². The maximum atomic E-state index is 11.5.